The van der Waals surface area contributed by atoms with Crippen LogP contribution >= 0.6 is 11.8 Å². The first-order valence-electron chi connectivity index (χ1n) is 2.86. The number of hydrogen-bond acceptors (Lipinski definition) is 4. The van der Waals surface area contributed by atoms with Crippen molar-refractivity contribution in [3.63, 3.8) is 0 Å². The van der Waals surface area contributed by atoms with Crippen molar-refractivity contribution >= 4 is 11.8 Å². The highest BCUT2D eigenvalue weighted by Gasteiger charge is 2.15. The van der Waals surface area contributed by atoms with Gasteiger partial charge in [0, 0.05) is 12.7 Å². The molecular formula is C5H11N3S. The lowest BCUT2D eigenvalue weighted by molar-refractivity contribution is 0.376. The van der Waals surface area contributed by atoms with Crippen molar-refractivity contribution in [3.8, 4) is 0 Å². The molecule has 0 spiro atoms. The van der Waals surface area contributed by atoms with E-state index in [2.05, 4.69) is 0 Å². The van der Waals surface area contributed by atoms with E-state index in [-0.39, 0.29) is 0 Å². The lowest BCUT2D eigenvalue weighted by atomic mass is 10.5. The van der Waals surface area contributed by atoms with Gasteiger partial charge in [-0.2, -0.15) is 0 Å². The fraction of sp³-hybridized carbons (Fsp3) is 0.600. The van der Waals surface area contributed by atoms with E-state index in [1.807, 2.05) is 16.5 Å². The lowest BCUT2D eigenvalue weighted by Gasteiger charge is -2.20. The summed E-state index contributed by atoms with van der Waals surface area (Å²) in [6, 6.07) is 0. The van der Waals surface area contributed by atoms with E-state index in [1.54, 1.807) is 11.8 Å². The first kappa shape index (κ1) is 6.92. The van der Waals surface area contributed by atoms with Crippen LogP contribution in [0, 0.1) is 0 Å². The first-order valence-corrected chi connectivity index (χ1v) is 3.80. The molecule has 1 unspecified atom stereocenters. The Kier molecular flexibility index (Phi) is 2.38. The monoisotopic (exact) mass is 145 g/mol. The molecule has 4 N–H and O–H groups in total. The minimum absolute atomic E-state index is 0.370. The molecular weight excluding hydrogens is 134 g/mol. The Morgan fingerprint density at radius 1 is 1.56 bits per heavy atom. The second kappa shape index (κ2) is 3.10. The van der Waals surface area contributed by atoms with Gasteiger partial charge in [0.2, 0.25) is 0 Å². The van der Waals surface area contributed by atoms with Crippen LogP contribution in [0.3, 0.4) is 0 Å². The highest BCUT2D eigenvalue weighted by atomic mass is 32.2. The van der Waals surface area contributed by atoms with E-state index in [0.717, 1.165) is 0 Å². The summed E-state index contributed by atoms with van der Waals surface area (Å²) < 4.78 is 0. The molecule has 0 aromatic carbocycles. The summed E-state index contributed by atoms with van der Waals surface area (Å²) in [7, 11) is 0. The van der Waals surface area contributed by atoms with Gasteiger partial charge in [-0.25, -0.2) is 0 Å². The normalized spacial score (nSPS) is 25.6. The molecule has 0 radical (unpaired) electrons. The van der Waals surface area contributed by atoms with Gasteiger partial charge in [0.1, 0.15) is 0 Å². The molecule has 0 saturated carbocycles. The highest BCUT2D eigenvalue weighted by molar-refractivity contribution is 8.02. The summed E-state index contributed by atoms with van der Waals surface area (Å²) in [5, 5.41) is 2.39. The van der Waals surface area contributed by atoms with Gasteiger partial charge < -0.3 is 16.4 Å². The summed E-state index contributed by atoms with van der Waals surface area (Å²) in [5.74, 6) is 0. The molecule has 1 heterocycles. The van der Waals surface area contributed by atoms with Crippen LogP contribution < -0.4 is 11.5 Å². The molecule has 3 nitrogen and oxygen atoms in total. The van der Waals surface area contributed by atoms with Crippen LogP contribution in [0.15, 0.2) is 11.6 Å². The van der Waals surface area contributed by atoms with Gasteiger partial charge in [-0.3, -0.25) is 0 Å². The second-order valence-corrected chi connectivity index (χ2v) is 2.90. The quantitative estimate of drug-likeness (QED) is 0.560. The molecule has 1 aliphatic rings. The third-order valence-corrected chi connectivity index (χ3v) is 2.33. The Hall–Kier alpha value is -0.190. The zero-order chi connectivity index (χ0) is 6.69. The van der Waals surface area contributed by atoms with Gasteiger partial charge in [-0.15, -0.1) is 11.8 Å². The van der Waals surface area contributed by atoms with E-state index in [1.165, 1.54) is 0 Å². The molecule has 0 saturated heterocycles. The van der Waals surface area contributed by atoms with Crippen molar-refractivity contribution in [1.29, 1.82) is 0 Å². The number of nitrogens with two attached hydrogens (primary N) is 2. The van der Waals surface area contributed by atoms with Crippen molar-refractivity contribution in [2.45, 2.75) is 5.37 Å². The number of nitrogens with zero attached hydrogens (tertiary/aromatic N) is 1. The van der Waals surface area contributed by atoms with Crippen LogP contribution in [0.4, 0.5) is 0 Å². The molecule has 4 heteroatoms. The third-order valence-electron chi connectivity index (χ3n) is 1.27. The molecule has 1 rings (SSSR count). The molecule has 0 amide bonds. The number of rotatable bonds is 2. The van der Waals surface area contributed by atoms with Crippen molar-refractivity contribution in [2.75, 3.05) is 13.2 Å². The van der Waals surface area contributed by atoms with E-state index in [9.17, 15) is 0 Å². The topological polar surface area (TPSA) is 55.3 Å². The third kappa shape index (κ3) is 1.38. The van der Waals surface area contributed by atoms with E-state index in [0.29, 0.717) is 18.6 Å². The zero-order valence-electron chi connectivity index (χ0n) is 5.16. The van der Waals surface area contributed by atoms with Gasteiger partial charge in [0.05, 0.1) is 12.0 Å². The van der Waals surface area contributed by atoms with Crippen LogP contribution in [-0.4, -0.2) is 23.5 Å². The standard InChI is InChI=1S/C5H11N3S/c6-3-5-8(4-7)1-2-9-5/h1-2,5H,3-4,6-7H2. The molecule has 0 aromatic rings. The first-order chi connectivity index (χ1) is 4.38. The van der Waals surface area contributed by atoms with Crippen molar-refractivity contribution in [3.05, 3.63) is 11.6 Å². The van der Waals surface area contributed by atoms with E-state index < -0.39 is 0 Å². The average molecular weight is 145 g/mol. The molecule has 9 heavy (non-hydrogen) atoms. The Balaban J connectivity index is 2.39. The van der Waals surface area contributed by atoms with E-state index >= 15 is 0 Å². The molecule has 0 aliphatic carbocycles. The molecule has 0 bridgehead atoms. The van der Waals surface area contributed by atoms with Crippen LogP contribution in [0.25, 0.3) is 0 Å². The number of thioether (sulfide) groups is 1. The minimum Gasteiger partial charge on any atom is -0.351 e. The van der Waals surface area contributed by atoms with Gasteiger partial charge in [0.25, 0.3) is 0 Å². The Morgan fingerprint density at radius 3 is 2.78 bits per heavy atom. The molecule has 0 aromatic heterocycles. The maximum Gasteiger partial charge on any atom is 0.0920 e. The maximum atomic E-state index is 5.44. The van der Waals surface area contributed by atoms with Crippen molar-refractivity contribution < 1.29 is 0 Å². The molecule has 52 valence electrons. The van der Waals surface area contributed by atoms with Gasteiger partial charge in [-0.1, -0.05) is 0 Å². The maximum absolute atomic E-state index is 5.44. The zero-order valence-corrected chi connectivity index (χ0v) is 5.97. The average Bonchev–Trinajstić information content (AvgIpc) is 2.33. The summed E-state index contributed by atoms with van der Waals surface area (Å²) in [6.45, 7) is 1.22. The largest absolute Gasteiger partial charge is 0.351 e. The van der Waals surface area contributed by atoms with Crippen LogP contribution in [-0.2, 0) is 0 Å². The van der Waals surface area contributed by atoms with Gasteiger partial charge >= 0.3 is 0 Å². The van der Waals surface area contributed by atoms with Crippen LogP contribution in [0.1, 0.15) is 0 Å². The molecule has 1 aliphatic heterocycles. The summed E-state index contributed by atoms with van der Waals surface area (Å²) in [4.78, 5) is 2.02. The Bertz CT molecular complexity index is 115. The summed E-state index contributed by atoms with van der Waals surface area (Å²) in [6.07, 6.45) is 1.97. The van der Waals surface area contributed by atoms with Crippen molar-refractivity contribution in [2.24, 2.45) is 11.5 Å². The Morgan fingerprint density at radius 2 is 2.33 bits per heavy atom. The summed E-state index contributed by atoms with van der Waals surface area (Å²) in [5.41, 5.74) is 10.8. The number of hydrogen-bond donors (Lipinski definition) is 2. The van der Waals surface area contributed by atoms with Crippen molar-refractivity contribution in [1.82, 2.24) is 4.90 Å². The van der Waals surface area contributed by atoms with Crippen LogP contribution in [0.2, 0.25) is 0 Å². The van der Waals surface area contributed by atoms with E-state index in [4.69, 9.17) is 11.5 Å². The van der Waals surface area contributed by atoms with Gasteiger partial charge in [-0.05, 0) is 5.41 Å². The smallest absolute Gasteiger partial charge is 0.0920 e. The summed E-state index contributed by atoms with van der Waals surface area (Å²) >= 11 is 1.72. The Labute approximate surface area is 59.1 Å². The molecule has 0 fully saturated rings. The van der Waals surface area contributed by atoms with Gasteiger partial charge in [0.15, 0.2) is 0 Å². The highest BCUT2D eigenvalue weighted by Crippen LogP contribution is 2.22. The lowest BCUT2D eigenvalue weighted by Crippen LogP contribution is -2.35. The predicted molar refractivity (Wildman–Crippen MR) is 40.5 cm³/mol. The van der Waals surface area contributed by atoms with Crippen LogP contribution in [0.5, 0.6) is 0 Å². The predicted octanol–water partition coefficient (Wildman–Crippen LogP) is -0.293. The second-order valence-electron chi connectivity index (χ2n) is 1.81. The minimum atomic E-state index is 0.370. The fourth-order valence-electron chi connectivity index (χ4n) is 0.748. The fourth-order valence-corrected chi connectivity index (χ4v) is 1.58. The molecule has 1 atom stereocenters. The SMILES string of the molecule is NCC1SC=CN1CN.